The number of nitrogens with zero attached hydrogens (tertiary/aromatic N) is 3. The predicted molar refractivity (Wildman–Crippen MR) is 59.4 cm³/mol. The number of hydrogen-bond acceptors (Lipinski definition) is 2. The quantitative estimate of drug-likeness (QED) is 0.791. The second-order valence-electron chi connectivity index (χ2n) is 3.59. The first-order chi connectivity index (χ1) is 7.38. The normalized spacial score (nSPS) is 10.7. The van der Waals surface area contributed by atoms with E-state index in [-0.39, 0.29) is 0 Å². The van der Waals surface area contributed by atoms with E-state index in [0.29, 0.717) is 0 Å². The fourth-order valence-corrected chi connectivity index (χ4v) is 1.59. The van der Waals surface area contributed by atoms with Gasteiger partial charge in [0, 0.05) is 44.4 Å². The van der Waals surface area contributed by atoms with Crippen molar-refractivity contribution >= 4 is 0 Å². The van der Waals surface area contributed by atoms with Crippen LogP contribution in [0.15, 0.2) is 37.2 Å². The van der Waals surface area contributed by atoms with E-state index in [1.807, 2.05) is 25.8 Å². The monoisotopic (exact) mass is 204 g/mol. The molecule has 2 rings (SSSR count). The first-order valence-electron chi connectivity index (χ1n) is 5.13. The van der Waals surface area contributed by atoms with Crippen molar-refractivity contribution in [1.82, 2.24) is 19.4 Å². The molecule has 0 amide bonds. The molecule has 2 heterocycles. The maximum atomic E-state index is 4.01. The molecular weight excluding hydrogens is 188 g/mol. The topological polar surface area (TPSA) is 34.8 Å². The van der Waals surface area contributed by atoms with Gasteiger partial charge in [0.25, 0.3) is 0 Å². The van der Waals surface area contributed by atoms with Gasteiger partial charge in [0.1, 0.15) is 0 Å². The van der Waals surface area contributed by atoms with E-state index >= 15 is 0 Å². The van der Waals surface area contributed by atoms with Crippen LogP contribution in [0.2, 0.25) is 0 Å². The maximum Gasteiger partial charge on any atom is 0.0946 e. The zero-order valence-electron chi connectivity index (χ0n) is 8.93. The number of aryl methyl sites for hydroxylation is 2. The molecule has 1 N–H and O–H groups in total. The summed E-state index contributed by atoms with van der Waals surface area (Å²) < 4.78 is 4.28. The molecule has 0 unspecified atom stereocenters. The van der Waals surface area contributed by atoms with Gasteiger partial charge < -0.3 is 14.5 Å². The molecular formula is C11H16N4. The lowest BCUT2D eigenvalue weighted by atomic mass is 10.3. The third-order valence-corrected chi connectivity index (χ3v) is 2.37. The van der Waals surface area contributed by atoms with E-state index in [0.717, 1.165) is 19.6 Å². The number of nitrogens with one attached hydrogen (secondary N) is 1. The van der Waals surface area contributed by atoms with Crippen molar-refractivity contribution in [1.29, 1.82) is 0 Å². The van der Waals surface area contributed by atoms with Gasteiger partial charge in [0.05, 0.1) is 6.33 Å². The Balaban J connectivity index is 1.88. The largest absolute Gasteiger partial charge is 0.352 e. The second-order valence-corrected chi connectivity index (χ2v) is 3.59. The minimum Gasteiger partial charge on any atom is -0.352 e. The van der Waals surface area contributed by atoms with Crippen molar-refractivity contribution in [3.8, 4) is 0 Å². The lowest BCUT2D eigenvalue weighted by molar-refractivity contribution is 0.579. The smallest absolute Gasteiger partial charge is 0.0946 e. The van der Waals surface area contributed by atoms with Crippen LogP contribution in [0.4, 0.5) is 0 Å². The molecule has 0 saturated carbocycles. The molecule has 4 nitrogen and oxygen atoms in total. The van der Waals surface area contributed by atoms with E-state index in [1.54, 1.807) is 0 Å². The van der Waals surface area contributed by atoms with Crippen LogP contribution in [-0.4, -0.2) is 21.2 Å². The van der Waals surface area contributed by atoms with Crippen molar-refractivity contribution < 1.29 is 0 Å². The van der Waals surface area contributed by atoms with Gasteiger partial charge in [-0.2, -0.15) is 0 Å². The highest BCUT2D eigenvalue weighted by molar-refractivity contribution is 5.09. The minimum atomic E-state index is 0.929. The summed E-state index contributed by atoms with van der Waals surface area (Å²) in [5, 5.41) is 3.14. The molecule has 0 aliphatic carbocycles. The molecule has 15 heavy (non-hydrogen) atoms. The van der Waals surface area contributed by atoms with Gasteiger partial charge in [-0.05, 0) is 18.7 Å². The molecule has 2 aromatic heterocycles. The minimum absolute atomic E-state index is 0.929. The first-order valence-corrected chi connectivity index (χ1v) is 5.13. The highest BCUT2D eigenvalue weighted by atomic mass is 15.1. The van der Waals surface area contributed by atoms with Gasteiger partial charge in [-0.3, -0.25) is 0 Å². The van der Waals surface area contributed by atoms with Crippen LogP contribution < -0.4 is 5.32 Å². The standard InChI is InChI=1S/C11H16N4/c1-12-8-11-2-4-14(9-11)6-7-15-5-3-13-10-15/h2-5,9-10,12H,6-8H2,1H3. The summed E-state index contributed by atoms with van der Waals surface area (Å²) in [6, 6.07) is 2.14. The zero-order chi connectivity index (χ0) is 10.5. The van der Waals surface area contributed by atoms with Crippen molar-refractivity contribution in [2.24, 2.45) is 0 Å². The van der Waals surface area contributed by atoms with Crippen molar-refractivity contribution in [2.45, 2.75) is 19.6 Å². The van der Waals surface area contributed by atoms with E-state index in [1.165, 1.54) is 5.56 Å². The lowest BCUT2D eigenvalue weighted by Gasteiger charge is -2.03. The third-order valence-electron chi connectivity index (χ3n) is 2.37. The van der Waals surface area contributed by atoms with Crippen LogP contribution in [0.1, 0.15) is 5.56 Å². The molecule has 0 aromatic carbocycles. The Hall–Kier alpha value is -1.55. The average molecular weight is 204 g/mol. The van der Waals surface area contributed by atoms with Crippen molar-refractivity contribution in [3.05, 3.63) is 42.7 Å². The van der Waals surface area contributed by atoms with E-state index in [2.05, 4.69) is 37.9 Å². The summed E-state index contributed by atoms with van der Waals surface area (Å²) in [5.74, 6) is 0. The molecule has 0 radical (unpaired) electrons. The lowest BCUT2D eigenvalue weighted by Crippen LogP contribution is -2.05. The van der Waals surface area contributed by atoms with E-state index in [4.69, 9.17) is 0 Å². The summed E-state index contributed by atoms with van der Waals surface area (Å²) in [5.41, 5.74) is 1.32. The Bertz CT molecular complexity index is 388. The van der Waals surface area contributed by atoms with E-state index < -0.39 is 0 Å². The second kappa shape index (κ2) is 4.79. The van der Waals surface area contributed by atoms with Gasteiger partial charge in [0.15, 0.2) is 0 Å². The number of hydrogen-bond donors (Lipinski definition) is 1. The molecule has 0 saturated heterocycles. The molecule has 0 aliphatic rings. The molecule has 0 spiro atoms. The van der Waals surface area contributed by atoms with Gasteiger partial charge in [-0.1, -0.05) is 0 Å². The number of aromatic nitrogens is 3. The van der Waals surface area contributed by atoms with Gasteiger partial charge in [0.2, 0.25) is 0 Å². The first kappa shape index (κ1) is 9.98. The number of rotatable bonds is 5. The zero-order valence-corrected chi connectivity index (χ0v) is 8.93. The Morgan fingerprint density at radius 2 is 2.13 bits per heavy atom. The highest BCUT2D eigenvalue weighted by Gasteiger charge is 1.96. The molecule has 2 aromatic rings. The van der Waals surface area contributed by atoms with Crippen LogP contribution >= 0.6 is 0 Å². The molecule has 4 heteroatoms. The summed E-state index contributed by atoms with van der Waals surface area (Å²) >= 11 is 0. The molecule has 0 fully saturated rings. The van der Waals surface area contributed by atoms with Gasteiger partial charge in [-0.15, -0.1) is 0 Å². The fourth-order valence-electron chi connectivity index (χ4n) is 1.59. The summed E-state index contributed by atoms with van der Waals surface area (Å²) in [6.07, 6.45) is 9.93. The van der Waals surface area contributed by atoms with Crippen LogP contribution in [0, 0.1) is 0 Å². The molecule has 0 bridgehead atoms. The maximum absolute atomic E-state index is 4.01. The Morgan fingerprint density at radius 3 is 2.87 bits per heavy atom. The molecule has 0 aliphatic heterocycles. The van der Waals surface area contributed by atoms with Crippen molar-refractivity contribution in [3.63, 3.8) is 0 Å². The van der Waals surface area contributed by atoms with Crippen molar-refractivity contribution in [2.75, 3.05) is 7.05 Å². The van der Waals surface area contributed by atoms with Crippen LogP contribution in [0.3, 0.4) is 0 Å². The highest BCUT2D eigenvalue weighted by Crippen LogP contribution is 2.01. The van der Waals surface area contributed by atoms with Gasteiger partial charge >= 0.3 is 0 Å². The van der Waals surface area contributed by atoms with Gasteiger partial charge in [-0.25, -0.2) is 4.98 Å². The molecule has 0 atom stereocenters. The summed E-state index contributed by atoms with van der Waals surface area (Å²) in [7, 11) is 1.96. The predicted octanol–water partition coefficient (Wildman–Crippen LogP) is 1.10. The molecule has 80 valence electrons. The van der Waals surface area contributed by atoms with Crippen LogP contribution in [0.25, 0.3) is 0 Å². The van der Waals surface area contributed by atoms with Crippen LogP contribution in [0.5, 0.6) is 0 Å². The Kier molecular flexibility index (Phi) is 3.19. The summed E-state index contributed by atoms with van der Waals surface area (Å²) in [4.78, 5) is 4.01. The third kappa shape index (κ3) is 2.70. The summed E-state index contributed by atoms with van der Waals surface area (Å²) in [6.45, 7) is 2.88. The average Bonchev–Trinajstić information content (AvgIpc) is 2.85. The Labute approximate surface area is 89.6 Å². The number of imidazole rings is 1. The van der Waals surface area contributed by atoms with Crippen LogP contribution in [-0.2, 0) is 19.6 Å². The fraction of sp³-hybridized carbons (Fsp3) is 0.364. The SMILES string of the molecule is CNCc1ccn(CCn2ccnc2)c1. The van der Waals surface area contributed by atoms with E-state index in [9.17, 15) is 0 Å². The Morgan fingerprint density at radius 1 is 1.27 bits per heavy atom.